The van der Waals surface area contributed by atoms with Gasteiger partial charge in [-0.15, -0.1) is 0 Å². The number of benzene rings is 2. The predicted octanol–water partition coefficient (Wildman–Crippen LogP) is 3.91. The van der Waals surface area contributed by atoms with Crippen LogP contribution in [0.1, 0.15) is 19.4 Å². The molecule has 122 valence electrons. The van der Waals surface area contributed by atoms with E-state index in [1.807, 2.05) is 6.07 Å². The van der Waals surface area contributed by atoms with Crippen molar-refractivity contribution in [1.82, 2.24) is 0 Å². The minimum atomic E-state index is 0.0293. The van der Waals surface area contributed by atoms with Crippen molar-refractivity contribution >= 4 is 11.4 Å². The number of hydrogen-bond donors (Lipinski definition) is 1. The van der Waals surface area contributed by atoms with E-state index < -0.39 is 0 Å². The highest BCUT2D eigenvalue weighted by Crippen LogP contribution is 2.37. The van der Waals surface area contributed by atoms with Gasteiger partial charge in [0.05, 0.1) is 31.1 Å². The molecule has 0 amide bonds. The summed E-state index contributed by atoms with van der Waals surface area (Å²) < 4.78 is 10.8. The SMILES string of the molecule is COc1ccc(CN2c3ccccc3NCC2(C)C)cc1OC. The van der Waals surface area contributed by atoms with Gasteiger partial charge in [-0.3, -0.25) is 0 Å². The molecule has 2 aromatic rings. The smallest absolute Gasteiger partial charge is 0.161 e. The quantitative estimate of drug-likeness (QED) is 0.928. The average Bonchev–Trinajstić information content (AvgIpc) is 2.57. The third-order valence-electron chi connectivity index (χ3n) is 4.43. The number of methoxy groups -OCH3 is 2. The average molecular weight is 312 g/mol. The molecule has 4 nitrogen and oxygen atoms in total. The molecule has 1 N–H and O–H groups in total. The van der Waals surface area contributed by atoms with E-state index in [1.165, 1.54) is 16.9 Å². The molecule has 0 aromatic heterocycles. The number of hydrogen-bond acceptors (Lipinski definition) is 4. The van der Waals surface area contributed by atoms with Crippen LogP contribution in [0.2, 0.25) is 0 Å². The second-order valence-electron chi connectivity index (χ2n) is 6.46. The normalized spacial score (nSPS) is 15.6. The minimum Gasteiger partial charge on any atom is -0.493 e. The zero-order chi connectivity index (χ0) is 16.4. The molecule has 0 unspecified atom stereocenters. The Hall–Kier alpha value is -2.36. The molecule has 3 rings (SSSR count). The van der Waals surface area contributed by atoms with Gasteiger partial charge in [-0.2, -0.15) is 0 Å². The van der Waals surface area contributed by atoms with Crippen molar-refractivity contribution in [3.05, 3.63) is 48.0 Å². The zero-order valence-electron chi connectivity index (χ0n) is 14.2. The summed E-state index contributed by atoms with van der Waals surface area (Å²) in [5, 5.41) is 3.52. The molecule has 2 aromatic carbocycles. The van der Waals surface area contributed by atoms with Gasteiger partial charge < -0.3 is 19.7 Å². The van der Waals surface area contributed by atoms with Gasteiger partial charge in [0.15, 0.2) is 11.5 Å². The number of anilines is 2. The van der Waals surface area contributed by atoms with Crippen LogP contribution in [0.4, 0.5) is 11.4 Å². The maximum atomic E-state index is 5.43. The van der Waals surface area contributed by atoms with Crippen molar-refractivity contribution in [3.63, 3.8) is 0 Å². The first-order valence-electron chi connectivity index (χ1n) is 7.86. The third kappa shape index (κ3) is 2.93. The maximum absolute atomic E-state index is 5.43. The molecule has 1 aliphatic heterocycles. The summed E-state index contributed by atoms with van der Waals surface area (Å²) in [5.41, 5.74) is 3.65. The van der Waals surface area contributed by atoms with Gasteiger partial charge in [0.2, 0.25) is 0 Å². The van der Waals surface area contributed by atoms with E-state index in [-0.39, 0.29) is 5.54 Å². The van der Waals surface area contributed by atoms with Crippen LogP contribution in [-0.2, 0) is 6.54 Å². The zero-order valence-corrected chi connectivity index (χ0v) is 14.2. The standard InChI is InChI=1S/C19H24N2O2/c1-19(2)13-20-15-7-5-6-8-16(15)21(19)12-14-9-10-17(22-3)18(11-14)23-4/h5-11,20H,12-13H2,1-4H3. The van der Waals surface area contributed by atoms with Crippen molar-refractivity contribution in [2.45, 2.75) is 25.9 Å². The molecule has 0 bridgehead atoms. The molecule has 4 heteroatoms. The lowest BCUT2D eigenvalue weighted by atomic mass is 9.96. The van der Waals surface area contributed by atoms with Crippen LogP contribution in [0.3, 0.4) is 0 Å². The molecule has 1 heterocycles. The summed E-state index contributed by atoms with van der Waals surface area (Å²) in [4.78, 5) is 2.44. The molecule has 23 heavy (non-hydrogen) atoms. The molecular weight excluding hydrogens is 288 g/mol. The third-order valence-corrected chi connectivity index (χ3v) is 4.43. The van der Waals surface area contributed by atoms with E-state index in [0.717, 1.165) is 24.6 Å². The van der Waals surface area contributed by atoms with Crippen LogP contribution in [0.25, 0.3) is 0 Å². The highest BCUT2D eigenvalue weighted by molar-refractivity contribution is 5.73. The summed E-state index contributed by atoms with van der Waals surface area (Å²) in [6.07, 6.45) is 0. The number of para-hydroxylation sites is 2. The van der Waals surface area contributed by atoms with E-state index >= 15 is 0 Å². The van der Waals surface area contributed by atoms with Crippen molar-refractivity contribution < 1.29 is 9.47 Å². The Kier molecular flexibility index (Phi) is 4.07. The van der Waals surface area contributed by atoms with E-state index in [2.05, 4.69) is 60.5 Å². The van der Waals surface area contributed by atoms with Gasteiger partial charge in [-0.1, -0.05) is 18.2 Å². The summed E-state index contributed by atoms with van der Waals surface area (Å²) in [5.74, 6) is 1.53. The number of nitrogens with one attached hydrogen (secondary N) is 1. The Balaban J connectivity index is 1.95. The molecule has 0 fully saturated rings. The Morgan fingerprint density at radius 1 is 1.04 bits per heavy atom. The largest absolute Gasteiger partial charge is 0.493 e. The second-order valence-corrected chi connectivity index (χ2v) is 6.46. The van der Waals surface area contributed by atoms with Crippen LogP contribution >= 0.6 is 0 Å². The summed E-state index contributed by atoms with van der Waals surface area (Å²) in [7, 11) is 3.33. The Morgan fingerprint density at radius 2 is 1.78 bits per heavy atom. The first kappa shape index (κ1) is 15.5. The molecule has 0 atom stereocenters. The molecular formula is C19H24N2O2. The fraction of sp³-hybridized carbons (Fsp3) is 0.368. The summed E-state index contributed by atoms with van der Waals surface area (Å²) >= 11 is 0. The van der Waals surface area contributed by atoms with Crippen molar-refractivity contribution in [2.24, 2.45) is 0 Å². The van der Waals surface area contributed by atoms with Gasteiger partial charge in [0.1, 0.15) is 0 Å². The van der Waals surface area contributed by atoms with E-state index in [0.29, 0.717) is 0 Å². The van der Waals surface area contributed by atoms with Crippen LogP contribution < -0.4 is 19.7 Å². The van der Waals surface area contributed by atoms with E-state index in [4.69, 9.17) is 9.47 Å². The number of ether oxygens (including phenoxy) is 2. The fourth-order valence-corrected chi connectivity index (χ4v) is 3.05. The highest BCUT2D eigenvalue weighted by atomic mass is 16.5. The number of nitrogens with zero attached hydrogens (tertiary/aromatic N) is 1. The Labute approximate surface area is 138 Å². The lowest BCUT2D eigenvalue weighted by molar-refractivity contribution is 0.354. The molecule has 1 aliphatic rings. The molecule has 0 saturated carbocycles. The van der Waals surface area contributed by atoms with Gasteiger partial charge in [-0.05, 0) is 43.7 Å². The second kappa shape index (κ2) is 6.03. The van der Waals surface area contributed by atoms with Crippen molar-refractivity contribution in [3.8, 4) is 11.5 Å². The molecule has 0 spiro atoms. The fourth-order valence-electron chi connectivity index (χ4n) is 3.05. The van der Waals surface area contributed by atoms with Gasteiger partial charge in [-0.25, -0.2) is 0 Å². The minimum absolute atomic E-state index is 0.0293. The number of rotatable bonds is 4. The monoisotopic (exact) mass is 312 g/mol. The van der Waals surface area contributed by atoms with Gasteiger partial charge in [0, 0.05) is 13.1 Å². The maximum Gasteiger partial charge on any atom is 0.161 e. The predicted molar refractivity (Wildman–Crippen MR) is 94.7 cm³/mol. The molecule has 0 radical (unpaired) electrons. The number of fused-ring (bicyclic) bond motifs is 1. The Morgan fingerprint density at radius 3 is 2.52 bits per heavy atom. The van der Waals surface area contributed by atoms with Gasteiger partial charge >= 0.3 is 0 Å². The van der Waals surface area contributed by atoms with E-state index in [1.54, 1.807) is 14.2 Å². The van der Waals surface area contributed by atoms with Crippen LogP contribution in [0.5, 0.6) is 11.5 Å². The van der Waals surface area contributed by atoms with Gasteiger partial charge in [0.25, 0.3) is 0 Å². The first-order chi connectivity index (χ1) is 11.0. The first-order valence-corrected chi connectivity index (χ1v) is 7.86. The topological polar surface area (TPSA) is 33.7 Å². The van der Waals surface area contributed by atoms with Crippen LogP contribution in [0.15, 0.2) is 42.5 Å². The molecule has 0 saturated heterocycles. The lowest BCUT2D eigenvalue weighted by Gasteiger charge is -2.45. The summed E-state index contributed by atoms with van der Waals surface area (Å²) in [6.45, 7) is 6.26. The van der Waals surface area contributed by atoms with Crippen molar-refractivity contribution in [1.29, 1.82) is 0 Å². The Bertz CT molecular complexity index is 698. The molecule has 0 aliphatic carbocycles. The van der Waals surface area contributed by atoms with Crippen molar-refractivity contribution in [2.75, 3.05) is 31.0 Å². The lowest BCUT2D eigenvalue weighted by Crippen LogP contribution is -2.51. The van der Waals surface area contributed by atoms with Crippen LogP contribution in [-0.4, -0.2) is 26.3 Å². The van der Waals surface area contributed by atoms with E-state index in [9.17, 15) is 0 Å². The summed E-state index contributed by atoms with van der Waals surface area (Å²) in [6, 6.07) is 14.6. The highest BCUT2D eigenvalue weighted by Gasteiger charge is 2.32. The van der Waals surface area contributed by atoms with Crippen LogP contribution in [0, 0.1) is 0 Å².